The number of anilines is 2. The summed E-state index contributed by atoms with van der Waals surface area (Å²) < 4.78 is 38.4. The number of alkyl halides is 3. The van der Waals surface area contributed by atoms with Gasteiger partial charge in [0.15, 0.2) is 5.82 Å². The van der Waals surface area contributed by atoms with Crippen LogP contribution in [0.4, 0.5) is 24.5 Å². The van der Waals surface area contributed by atoms with Gasteiger partial charge in [0, 0.05) is 30.9 Å². The Morgan fingerprint density at radius 3 is 2.46 bits per heavy atom. The van der Waals surface area contributed by atoms with E-state index in [9.17, 15) is 18.0 Å². The molecule has 0 aliphatic carbocycles. The van der Waals surface area contributed by atoms with Gasteiger partial charge >= 0.3 is 12.1 Å². The topological polar surface area (TPSA) is 118 Å². The second kappa shape index (κ2) is 12.2. The third-order valence-corrected chi connectivity index (χ3v) is 5.11. The molecule has 2 aromatic carbocycles. The van der Waals surface area contributed by atoms with E-state index in [1.807, 2.05) is 42.5 Å². The average molecular weight is 536 g/mol. The minimum absolute atomic E-state index is 0.188. The van der Waals surface area contributed by atoms with Crippen molar-refractivity contribution >= 4 is 45.8 Å². The van der Waals surface area contributed by atoms with Gasteiger partial charge in [-0.05, 0) is 42.5 Å². The van der Waals surface area contributed by atoms with E-state index >= 15 is 0 Å². The van der Waals surface area contributed by atoms with E-state index in [1.54, 1.807) is 30.1 Å². The Labute approximate surface area is 213 Å². The number of carboxylic acids is 1. The van der Waals surface area contributed by atoms with Crippen molar-refractivity contribution in [3.63, 3.8) is 0 Å². The van der Waals surface area contributed by atoms with Crippen LogP contribution < -0.4 is 10.6 Å². The van der Waals surface area contributed by atoms with Gasteiger partial charge in [-0.25, -0.2) is 14.5 Å². The van der Waals surface area contributed by atoms with Gasteiger partial charge in [-0.15, -0.1) is 0 Å². The largest absolute Gasteiger partial charge is 0.490 e. The molecule has 37 heavy (non-hydrogen) atoms. The number of hydrogen-bond acceptors (Lipinski definition) is 6. The predicted octanol–water partition coefficient (Wildman–Crippen LogP) is 4.83. The molecule has 4 rings (SSSR count). The van der Waals surface area contributed by atoms with Crippen LogP contribution in [-0.2, 0) is 9.53 Å². The van der Waals surface area contributed by atoms with E-state index in [4.69, 9.17) is 26.2 Å². The first kappa shape index (κ1) is 27.4. The molecule has 0 aliphatic heterocycles. The molecule has 9 nitrogen and oxygen atoms in total. The average Bonchev–Trinajstić information content (AvgIpc) is 3.29. The number of rotatable bonds is 7. The zero-order chi connectivity index (χ0) is 27.0. The van der Waals surface area contributed by atoms with Gasteiger partial charge in [-0.1, -0.05) is 23.7 Å². The maximum Gasteiger partial charge on any atom is 0.490 e. The van der Waals surface area contributed by atoms with E-state index < -0.39 is 12.1 Å². The normalized spacial score (nSPS) is 10.9. The van der Waals surface area contributed by atoms with Gasteiger partial charge in [0.1, 0.15) is 0 Å². The number of amides is 1. The molecule has 2 heterocycles. The fourth-order valence-corrected chi connectivity index (χ4v) is 3.21. The highest BCUT2D eigenvalue weighted by molar-refractivity contribution is 6.33. The number of methoxy groups -OCH3 is 1. The summed E-state index contributed by atoms with van der Waals surface area (Å²) in [5.74, 6) is -2.32. The molecular formula is C24H21ClF3N5O4. The Morgan fingerprint density at radius 2 is 1.84 bits per heavy atom. The second-order valence-electron chi connectivity index (χ2n) is 7.39. The SMILES string of the molecule is COCCNC(=O)c1ccc(-n2ncc3cc(Nc4ccccc4Cl)ccc32)nc1.O=C(O)C(F)(F)F. The molecule has 0 spiro atoms. The summed E-state index contributed by atoms with van der Waals surface area (Å²) >= 11 is 6.23. The zero-order valence-electron chi connectivity index (χ0n) is 19.3. The van der Waals surface area contributed by atoms with Gasteiger partial charge in [0.05, 0.1) is 34.6 Å². The van der Waals surface area contributed by atoms with Crippen LogP contribution >= 0.6 is 11.6 Å². The minimum Gasteiger partial charge on any atom is -0.475 e. The van der Waals surface area contributed by atoms with Crippen molar-refractivity contribution in [2.24, 2.45) is 0 Å². The highest BCUT2D eigenvalue weighted by Gasteiger charge is 2.38. The fourth-order valence-electron chi connectivity index (χ4n) is 3.03. The molecule has 1 amide bonds. The first-order valence-electron chi connectivity index (χ1n) is 10.6. The number of ether oxygens (including phenoxy) is 1. The van der Waals surface area contributed by atoms with Crippen molar-refractivity contribution in [2.75, 3.05) is 25.6 Å². The lowest BCUT2D eigenvalue weighted by Crippen LogP contribution is -2.27. The molecule has 2 aromatic heterocycles. The number of aromatic nitrogens is 3. The summed E-state index contributed by atoms with van der Waals surface area (Å²) in [6.45, 7) is 0.912. The Hall–Kier alpha value is -4.16. The van der Waals surface area contributed by atoms with Crippen LogP contribution in [0, 0.1) is 0 Å². The number of nitrogens with one attached hydrogen (secondary N) is 2. The lowest BCUT2D eigenvalue weighted by molar-refractivity contribution is -0.192. The lowest BCUT2D eigenvalue weighted by Gasteiger charge is -2.09. The van der Waals surface area contributed by atoms with Crippen LogP contribution in [0.1, 0.15) is 10.4 Å². The molecule has 3 N–H and O–H groups in total. The summed E-state index contributed by atoms with van der Waals surface area (Å²) in [4.78, 5) is 25.4. The van der Waals surface area contributed by atoms with Crippen LogP contribution in [0.3, 0.4) is 0 Å². The summed E-state index contributed by atoms with van der Waals surface area (Å²) in [7, 11) is 1.59. The number of para-hydroxylation sites is 1. The van der Waals surface area contributed by atoms with Gasteiger partial charge in [-0.3, -0.25) is 4.79 Å². The van der Waals surface area contributed by atoms with Crippen LogP contribution in [-0.4, -0.2) is 58.2 Å². The number of carbonyl (C=O) groups excluding carboxylic acids is 1. The fraction of sp³-hybridized carbons (Fsp3) is 0.167. The quantitative estimate of drug-likeness (QED) is 0.290. The molecule has 0 fully saturated rings. The number of benzene rings is 2. The van der Waals surface area contributed by atoms with Crippen LogP contribution in [0.5, 0.6) is 0 Å². The molecule has 194 valence electrons. The number of carbonyl (C=O) groups is 2. The maximum atomic E-state index is 12.1. The lowest BCUT2D eigenvalue weighted by atomic mass is 10.2. The van der Waals surface area contributed by atoms with Crippen LogP contribution in [0.25, 0.3) is 16.7 Å². The monoisotopic (exact) mass is 535 g/mol. The number of aliphatic carboxylic acids is 1. The smallest absolute Gasteiger partial charge is 0.475 e. The van der Waals surface area contributed by atoms with Gasteiger partial charge < -0.3 is 20.5 Å². The van der Waals surface area contributed by atoms with Crippen molar-refractivity contribution in [3.05, 3.63) is 77.6 Å². The minimum atomic E-state index is -5.08. The van der Waals surface area contributed by atoms with Crippen molar-refractivity contribution in [1.82, 2.24) is 20.1 Å². The van der Waals surface area contributed by atoms with E-state index in [0.29, 0.717) is 29.6 Å². The van der Waals surface area contributed by atoms with E-state index in [1.165, 1.54) is 6.20 Å². The van der Waals surface area contributed by atoms with E-state index in [2.05, 4.69) is 20.7 Å². The maximum absolute atomic E-state index is 12.1. The van der Waals surface area contributed by atoms with Crippen LogP contribution in [0.15, 0.2) is 67.0 Å². The third kappa shape index (κ3) is 7.41. The first-order chi connectivity index (χ1) is 17.6. The van der Waals surface area contributed by atoms with Crippen molar-refractivity contribution in [2.45, 2.75) is 6.18 Å². The van der Waals surface area contributed by atoms with Crippen LogP contribution in [0.2, 0.25) is 5.02 Å². The molecule has 0 bridgehead atoms. The standard InChI is InChI=1S/C22H20ClN5O2.C2HF3O2/c1-30-11-10-24-22(29)15-6-9-21(25-13-15)28-20-8-7-17(12-16(20)14-26-28)27-19-5-3-2-4-18(19)23;3-2(4,5)1(6)7/h2-9,12-14,27H,10-11H2,1H3,(H,24,29);(H,6,7). The number of hydrogen-bond donors (Lipinski definition) is 3. The number of fused-ring (bicyclic) bond motifs is 1. The highest BCUT2D eigenvalue weighted by atomic mass is 35.5. The first-order valence-corrected chi connectivity index (χ1v) is 11.0. The highest BCUT2D eigenvalue weighted by Crippen LogP contribution is 2.27. The Bertz CT molecular complexity index is 1380. The van der Waals surface area contributed by atoms with Crippen molar-refractivity contribution < 1.29 is 32.6 Å². The van der Waals surface area contributed by atoms with Gasteiger partial charge in [-0.2, -0.15) is 18.3 Å². The van der Waals surface area contributed by atoms with Crippen molar-refractivity contribution in [1.29, 1.82) is 0 Å². The Morgan fingerprint density at radius 1 is 1.11 bits per heavy atom. The van der Waals surface area contributed by atoms with Gasteiger partial charge in [0.2, 0.25) is 0 Å². The Kier molecular flexibility index (Phi) is 9.04. The predicted molar refractivity (Wildman–Crippen MR) is 131 cm³/mol. The molecule has 0 saturated heterocycles. The molecule has 0 saturated carbocycles. The summed E-state index contributed by atoms with van der Waals surface area (Å²) in [6, 6.07) is 17.0. The summed E-state index contributed by atoms with van der Waals surface area (Å²) in [5, 5.41) is 19.3. The molecular weight excluding hydrogens is 515 g/mol. The second-order valence-corrected chi connectivity index (χ2v) is 7.80. The number of nitrogens with zero attached hydrogens (tertiary/aromatic N) is 3. The zero-order valence-corrected chi connectivity index (χ0v) is 20.0. The summed E-state index contributed by atoms with van der Waals surface area (Å²) in [6.07, 6.45) is -1.77. The van der Waals surface area contributed by atoms with Gasteiger partial charge in [0.25, 0.3) is 5.91 Å². The molecule has 0 aliphatic rings. The molecule has 4 aromatic rings. The number of halogens is 4. The number of carboxylic acid groups (broad SMARTS) is 1. The van der Waals surface area contributed by atoms with Crippen molar-refractivity contribution in [3.8, 4) is 5.82 Å². The molecule has 0 atom stereocenters. The third-order valence-electron chi connectivity index (χ3n) is 4.78. The summed E-state index contributed by atoms with van der Waals surface area (Å²) in [5.41, 5.74) is 3.14. The number of pyridine rings is 1. The molecule has 0 unspecified atom stereocenters. The Balaban J connectivity index is 0.000000479. The molecule has 13 heteroatoms. The van der Waals surface area contributed by atoms with E-state index in [-0.39, 0.29) is 5.91 Å². The van der Waals surface area contributed by atoms with E-state index in [0.717, 1.165) is 22.3 Å². The molecule has 0 radical (unpaired) electrons.